The van der Waals surface area contributed by atoms with Crippen molar-refractivity contribution in [3.63, 3.8) is 0 Å². The summed E-state index contributed by atoms with van der Waals surface area (Å²) in [5, 5.41) is 15.8. The Morgan fingerprint density at radius 2 is 1.95 bits per heavy atom. The van der Waals surface area contributed by atoms with Gasteiger partial charge in [-0.2, -0.15) is 0 Å². The maximum Gasteiger partial charge on any atom is 0.124 e. The molecule has 2 aromatic carbocycles. The van der Waals surface area contributed by atoms with Crippen LogP contribution in [0.25, 0.3) is 10.8 Å². The first kappa shape index (κ1) is 14.4. The van der Waals surface area contributed by atoms with Crippen molar-refractivity contribution in [2.24, 2.45) is 0 Å². The monoisotopic (exact) mass is 285 g/mol. The summed E-state index contributed by atoms with van der Waals surface area (Å²) >= 11 is 0. The van der Waals surface area contributed by atoms with Crippen LogP contribution in [0.1, 0.15) is 31.2 Å². The highest BCUT2D eigenvalue weighted by molar-refractivity contribution is 5.87. The number of ether oxygens (including phenoxy) is 1. The standard InChI is InChI=1S/C18H23NO2/c1-19-12-15-14-7-3-2-6-13(14)10-11-17(15)21-18-9-5-4-8-16(18)20/h2-3,6-7,10-11,16,18-20H,4-5,8-9,12H2,1H3. The van der Waals surface area contributed by atoms with E-state index in [0.717, 1.165) is 38.0 Å². The Balaban J connectivity index is 1.95. The van der Waals surface area contributed by atoms with E-state index in [4.69, 9.17) is 4.74 Å². The molecule has 1 saturated carbocycles. The summed E-state index contributed by atoms with van der Waals surface area (Å²) in [4.78, 5) is 0. The Hall–Kier alpha value is -1.58. The second-order valence-electron chi connectivity index (χ2n) is 5.80. The Kier molecular flexibility index (Phi) is 4.42. The summed E-state index contributed by atoms with van der Waals surface area (Å²) < 4.78 is 6.17. The molecule has 3 nitrogen and oxygen atoms in total. The summed E-state index contributed by atoms with van der Waals surface area (Å²) in [7, 11) is 1.95. The lowest BCUT2D eigenvalue weighted by Crippen LogP contribution is -2.35. The molecule has 0 aliphatic heterocycles. The number of aliphatic hydroxyl groups excluding tert-OH is 1. The molecule has 1 aliphatic rings. The van der Waals surface area contributed by atoms with E-state index in [1.165, 1.54) is 16.3 Å². The summed E-state index contributed by atoms with van der Waals surface area (Å²) in [5.41, 5.74) is 1.17. The molecule has 0 saturated heterocycles. The quantitative estimate of drug-likeness (QED) is 0.906. The van der Waals surface area contributed by atoms with E-state index in [2.05, 4.69) is 35.6 Å². The minimum atomic E-state index is -0.340. The van der Waals surface area contributed by atoms with E-state index in [-0.39, 0.29) is 12.2 Å². The van der Waals surface area contributed by atoms with Gasteiger partial charge in [0.15, 0.2) is 0 Å². The van der Waals surface area contributed by atoms with Crippen LogP contribution < -0.4 is 10.1 Å². The summed E-state index contributed by atoms with van der Waals surface area (Å²) in [6.45, 7) is 0.763. The molecule has 21 heavy (non-hydrogen) atoms. The zero-order chi connectivity index (χ0) is 14.7. The summed E-state index contributed by atoms with van der Waals surface area (Å²) in [6.07, 6.45) is 3.61. The molecule has 2 N–H and O–H groups in total. The zero-order valence-corrected chi connectivity index (χ0v) is 12.5. The average Bonchev–Trinajstić information content (AvgIpc) is 2.52. The van der Waals surface area contributed by atoms with Crippen molar-refractivity contribution in [3.8, 4) is 5.75 Å². The van der Waals surface area contributed by atoms with E-state index >= 15 is 0 Å². The Labute approximate surface area is 125 Å². The molecule has 3 heteroatoms. The van der Waals surface area contributed by atoms with Crippen LogP contribution in [0.15, 0.2) is 36.4 Å². The molecule has 0 amide bonds. The van der Waals surface area contributed by atoms with Gasteiger partial charge < -0.3 is 15.2 Å². The molecule has 0 heterocycles. The Morgan fingerprint density at radius 1 is 1.14 bits per heavy atom. The topological polar surface area (TPSA) is 41.5 Å². The van der Waals surface area contributed by atoms with Gasteiger partial charge in [0.25, 0.3) is 0 Å². The van der Waals surface area contributed by atoms with E-state index in [1.807, 2.05) is 13.1 Å². The van der Waals surface area contributed by atoms with Crippen molar-refractivity contribution < 1.29 is 9.84 Å². The molecule has 0 spiro atoms. The fraction of sp³-hybridized carbons (Fsp3) is 0.444. The van der Waals surface area contributed by atoms with Crippen LogP contribution >= 0.6 is 0 Å². The second kappa shape index (κ2) is 6.46. The van der Waals surface area contributed by atoms with Crippen LogP contribution in [0.3, 0.4) is 0 Å². The third-order valence-electron chi connectivity index (χ3n) is 4.30. The maximum atomic E-state index is 10.1. The number of fused-ring (bicyclic) bond motifs is 1. The van der Waals surface area contributed by atoms with E-state index in [0.29, 0.717) is 0 Å². The second-order valence-corrected chi connectivity index (χ2v) is 5.80. The van der Waals surface area contributed by atoms with Crippen LogP contribution in [0, 0.1) is 0 Å². The van der Waals surface area contributed by atoms with Crippen LogP contribution in [0.4, 0.5) is 0 Å². The highest BCUT2D eigenvalue weighted by Gasteiger charge is 2.25. The SMILES string of the molecule is CNCc1c(OC2CCCCC2O)ccc2ccccc12. The van der Waals surface area contributed by atoms with Gasteiger partial charge in [-0.15, -0.1) is 0 Å². The van der Waals surface area contributed by atoms with Crippen molar-refractivity contribution in [3.05, 3.63) is 42.0 Å². The molecule has 1 aliphatic carbocycles. The highest BCUT2D eigenvalue weighted by Crippen LogP contribution is 2.31. The van der Waals surface area contributed by atoms with Crippen molar-refractivity contribution in [1.29, 1.82) is 0 Å². The van der Waals surface area contributed by atoms with Crippen LogP contribution in [0.2, 0.25) is 0 Å². The highest BCUT2D eigenvalue weighted by atomic mass is 16.5. The lowest BCUT2D eigenvalue weighted by Gasteiger charge is -2.29. The van der Waals surface area contributed by atoms with Crippen LogP contribution in [0.5, 0.6) is 5.75 Å². The first-order valence-corrected chi connectivity index (χ1v) is 7.79. The third-order valence-corrected chi connectivity index (χ3v) is 4.30. The van der Waals surface area contributed by atoms with Crippen LogP contribution in [-0.2, 0) is 6.54 Å². The van der Waals surface area contributed by atoms with Crippen LogP contribution in [-0.4, -0.2) is 24.4 Å². The molecule has 2 unspecified atom stereocenters. The van der Waals surface area contributed by atoms with Crippen molar-refractivity contribution in [1.82, 2.24) is 5.32 Å². The predicted octanol–water partition coefficient (Wildman–Crippen LogP) is 3.24. The van der Waals surface area contributed by atoms with Crippen molar-refractivity contribution in [2.45, 2.75) is 44.4 Å². The van der Waals surface area contributed by atoms with Gasteiger partial charge in [0.05, 0.1) is 6.10 Å². The molecule has 112 valence electrons. The first-order chi connectivity index (χ1) is 10.3. The Bertz CT molecular complexity index is 611. The predicted molar refractivity (Wildman–Crippen MR) is 85.6 cm³/mol. The van der Waals surface area contributed by atoms with Gasteiger partial charge >= 0.3 is 0 Å². The number of aliphatic hydroxyl groups is 1. The molecular weight excluding hydrogens is 262 g/mol. The van der Waals surface area contributed by atoms with Gasteiger partial charge in [-0.3, -0.25) is 0 Å². The van der Waals surface area contributed by atoms with E-state index in [9.17, 15) is 5.11 Å². The van der Waals surface area contributed by atoms with Crippen molar-refractivity contribution >= 4 is 10.8 Å². The van der Waals surface area contributed by atoms with E-state index in [1.54, 1.807) is 0 Å². The largest absolute Gasteiger partial charge is 0.487 e. The molecule has 2 aromatic rings. The number of hydrogen-bond donors (Lipinski definition) is 2. The Morgan fingerprint density at radius 3 is 2.76 bits per heavy atom. The number of rotatable bonds is 4. The fourth-order valence-electron chi connectivity index (χ4n) is 3.16. The molecule has 3 rings (SSSR count). The van der Waals surface area contributed by atoms with Crippen molar-refractivity contribution in [2.75, 3.05) is 7.05 Å². The van der Waals surface area contributed by atoms with Gasteiger partial charge in [-0.05, 0) is 43.1 Å². The van der Waals surface area contributed by atoms with Gasteiger partial charge in [-0.25, -0.2) is 0 Å². The van der Waals surface area contributed by atoms with Gasteiger partial charge in [-0.1, -0.05) is 36.8 Å². The van der Waals surface area contributed by atoms with Gasteiger partial charge in [0.1, 0.15) is 11.9 Å². The average molecular weight is 285 g/mol. The smallest absolute Gasteiger partial charge is 0.124 e. The molecule has 2 atom stereocenters. The molecule has 1 fully saturated rings. The third kappa shape index (κ3) is 3.04. The number of nitrogens with one attached hydrogen (secondary N) is 1. The minimum Gasteiger partial charge on any atom is -0.487 e. The normalized spacial score (nSPS) is 22.4. The molecule has 0 radical (unpaired) electrons. The summed E-state index contributed by atoms with van der Waals surface area (Å²) in [6, 6.07) is 12.5. The first-order valence-electron chi connectivity index (χ1n) is 7.79. The summed E-state index contributed by atoms with van der Waals surface area (Å²) in [5.74, 6) is 0.897. The lowest BCUT2D eigenvalue weighted by molar-refractivity contribution is 0.00646. The number of hydrogen-bond acceptors (Lipinski definition) is 3. The van der Waals surface area contributed by atoms with Gasteiger partial charge in [0, 0.05) is 12.1 Å². The lowest BCUT2D eigenvalue weighted by atomic mass is 9.94. The zero-order valence-electron chi connectivity index (χ0n) is 12.5. The maximum absolute atomic E-state index is 10.1. The van der Waals surface area contributed by atoms with Gasteiger partial charge in [0.2, 0.25) is 0 Å². The molecule has 0 bridgehead atoms. The van der Waals surface area contributed by atoms with E-state index < -0.39 is 0 Å². The fourth-order valence-corrected chi connectivity index (χ4v) is 3.16. The molecule has 0 aromatic heterocycles. The molecular formula is C18H23NO2. The minimum absolute atomic E-state index is 0.0736. The number of benzene rings is 2.